The topological polar surface area (TPSA) is 20.2 Å². The van der Waals surface area contributed by atoms with Crippen LogP contribution in [0.25, 0.3) is 5.69 Å². The van der Waals surface area contributed by atoms with E-state index in [1.807, 2.05) is 0 Å². The molecular formula is C16H21N3. The SMILES string of the molecule is Cc1ccc(C)n1-c1ccc(N2CCNCC2)cc1. The molecule has 1 N–H and O–H groups in total. The normalized spacial score (nSPS) is 15.8. The molecule has 1 aliphatic rings. The molecule has 0 radical (unpaired) electrons. The number of piperazine rings is 1. The maximum absolute atomic E-state index is 3.39. The predicted octanol–water partition coefficient (Wildman–Crippen LogP) is 2.50. The van der Waals surface area contributed by atoms with E-state index in [0.29, 0.717) is 0 Å². The summed E-state index contributed by atoms with van der Waals surface area (Å²) in [6, 6.07) is 13.2. The summed E-state index contributed by atoms with van der Waals surface area (Å²) in [5.74, 6) is 0. The maximum Gasteiger partial charge on any atom is 0.0456 e. The summed E-state index contributed by atoms with van der Waals surface area (Å²) in [6.07, 6.45) is 0. The molecule has 0 aliphatic carbocycles. The minimum absolute atomic E-state index is 1.08. The molecule has 3 nitrogen and oxygen atoms in total. The quantitative estimate of drug-likeness (QED) is 0.889. The van der Waals surface area contributed by atoms with Crippen molar-refractivity contribution in [2.75, 3.05) is 31.1 Å². The van der Waals surface area contributed by atoms with Gasteiger partial charge in [0.15, 0.2) is 0 Å². The molecule has 3 rings (SSSR count). The van der Waals surface area contributed by atoms with Gasteiger partial charge in [-0.15, -0.1) is 0 Å². The molecular weight excluding hydrogens is 234 g/mol. The van der Waals surface area contributed by atoms with E-state index < -0.39 is 0 Å². The third-order valence-electron chi connectivity index (χ3n) is 3.86. The summed E-state index contributed by atoms with van der Waals surface area (Å²) in [4.78, 5) is 2.44. The van der Waals surface area contributed by atoms with Crippen molar-refractivity contribution in [1.29, 1.82) is 0 Å². The predicted molar refractivity (Wildman–Crippen MR) is 80.3 cm³/mol. The van der Waals surface area contributed by atoms with E-state index in [1.54, 1.807) is 0 Å². The second kappa shape index (κ2) is 5.10. The smallest absolute Gasteiger partial charge is 0.0456 e. The van der Waals surface area contributed by atoms with Gasteiger partial charge in [-0.2, -0.15) is 0 Å². The average molecular weight is 255 g/mol. The molecule has 1 fully saturated rings. The molecule has 2 heterocycles. The van der Waals surface area contributed by atoms with Gasteiger partial charge in [0.05, 0.1) is 0 Å². The molecule has 1 aromatic heterocycles. The Balaban J connectivity index is 1.86. The zero-order chi connectivity index (χ0) is 13.2. The number of aromatic nitrogens is 1. The van der Waals surface area contributed by atoms with Crippen molar-refractivity contribution < 1.29 is 0 Å². The Kier molecular flexibility index (Phi) is 3.30. The highest BCUT2D eigenvalue weighted by molar-refractivity contribution is 5.52. The summed E-state index contributed by atoms with van der Waals surface area (Å²) in [5.41, 5.74) is 5.14. The lowest BCUT2D eigenvalue weighted by Crippen LogP contribution is -2.43. The Morgan fingerprint density at radius 3 is 1.89 bits per heavy atom. The van der Waals surface area contributed by atoms with Crippen molar-refractivity contribution in [2.24, 2.45) is 0 Å². The van der Waals surface area contributed by atoms with E-state index in [4.69, 9.17) is 0 Å². The molecule has 3 heteroatoms. The fraction of sp³-hybridized carbons (Fsp3) is 0.375. The molecule has 0 unspecified atom stereocenters. The van der Waals surface area contributed by atoms with E-state index >= 15 is 0 Å². The Bertz CT molecular complexity index is 528. The molecule has 1 saturated heterocycles. The van der Waals surface area contributed by atoms with Crippen LogP contribution in [-0.2, 0) is 0 Å². The number of aryl methyl sites for hydroxylation is 2. The van der Waals surface area contributed by atoms with Crippen LogP contribution in [0.1, 0.15) is 11.4 Å². The number of hydrogen-bond acceptors (Lipinski definition) is 2. The van der Waals surface area contributed by atoms with Gasteiger partial charge in [-0.1, -0.05) is 0 Å². The van der Waals surface area contributed by atoms with Crippen LogP contribution in [0.2, 0.25) is 0 Å². The fourth-order valence-corrected chi connectivity index (χ4v) is 2.81. The fourth-order valence-electron chi connectivity index (χ4n) is 2.81. The first kappa shape index (κ1) is 12.3. The molecule has 0 bridgehead atoms. The van der Waals surface area contributed by atoms with Crippen molar-refractivity contribution in [2.45, 2.75) is 13.8 Å². The minimum Gasteiger partial charge on any atom is -0.369 e. The van der Waals surface area contributed by atoms with Crippen molar-refractivity contribution in [3.05, 3.63) is 47.8 Å². The molecule has 0 atom stereocenters. The first-order valence-electron chi connectivity index (χ1n) is 6.97. The second-order valence-corrected chi connectivity index (χ2v) is 5.20. The minimum atomic E-state index is 1.08. The number of nitrogens with one attached hydrogen (secondary N) is 1. The Morgan fingerprint density at radius 2 is 1.32 bits per heavy atom. The lowest BCUT2D eigenvalue weighted by molar-refractivity contribution is 0.589. The maximum atomic E-state index is 3.39. The van der Waals surface area contributed by atoms with E-state index in [2.05, 4.69) is 65.0 Å². The van der Waals surface area contributed by atoms with E-state index in [9.17, 15) is 0 Å². The van der Waals surface area contributed by atoms with Gasteiger partial charge in [-0.25, -0.2) is 0 Å². The van der Waals surface area contributed by atoms with Crippen LogP contribution >= 0.6 is 0 Å². The molecule has 100 valence electrons. The Morgan fingerprint density at radius 1 is 0.789 bits per heavy atom. The van der Waals surface area contributed by atoms with Crippen molar-refractivity contribution in [1.82, 2.24) is 9.88 Å². The van der Waals surface area contributed by atoms with Crippen LogP contribution < -0.4 is 10.2 Å². The van der Waals surface area contributed by atoms with Gasteiger partial charge in [-0.3, -0.25) is 0 Å². The third kappa shape index (κ3) is 2.38. The first-order chi connectivity index (χ1) is 9.25. The number of anilines is 1. The molecule has 2 aromatic rings. The Hall–Kier alpha value is -1.74. The second-order valence-electron chi connectivity index (χ2n) is 5.20. The lowest BCUT2D eigenvalue weighted by atomic mass is 10.2. The molecule has 0 amide bonds. The van der Waals surface area contributed by atoms with Crippen molar-refractivity contribution in [3.63, 3.8) is 0 Å². The van der Waals surface area contributed by atoms with Gasteiger partial charge in [0.1, 0.15) is 0 Å². The summed E-state index contributed by atoms with van der Waals surface area (Å²) in [7, 11) is 0. The Labute approximate surface area is 114 Å². The summed E-state index contributed by atoms with van der Waals surface area (Å²) >= 11 is 0. The largest absolute Gasteiger partial charge is 0.369 e. The summed E-state index contributed by atoms with van der Waals surface area (Å²) in [5, 5.41) is 3.39. The van der Waals surface area contributed by atoms with Gasteiger partial charge in [-0.05, 0) is 50.2 Å². The van der Waals surface area contributed by atoms with Gasteiger partial charge < -0.3 is 14.8 Å². The summed E-state index contributed by atoms with van der Waals surface area (Å²) in [6.45, 7) is 8.66. The van der Waals surface area contributed by atoms with Crippen LogP contribution in [0.4, 0.5) is 5.69 Å². The van der Waals surface area contributed by atoms with Gasteiger partial charge in [0.2, 0.25) is 0 Å². The van der Waals surface area contributed by atoms with Crippen LogP contribution in [0.5, 0.6) is 0 Å². The number of nitrogens with zero attached hydrogens (tertiary/aromatic N) is 2. The lowest BCUT2D eigenvalue weighted by Gasteiger charge is -2.29. The molecule has 1 aliphatic heterocycles. The van der Waals surface area contributed by atoms with Gasteiger partial charge >= 0.3 is 0 Å². The van der Waals surface area contributed by atoms with Crippen molar-refractivity contribution >= 4 is 5.69 Å². The van der Waals surface area contributed by atoms with E-state index in [-0.39, 0.29) is 0 Å². The molecule has 1 aromatic carbocycles. The summed E-state index contributed by atoms with van der Waals surface area (Å²) < 4.78 is 2.29. The number of rotatable bonds is 2. The first-order valence-corrected chi connectivity index (χ1v) is 6.97. The molecule has 0 spiro atoms. The standard InChI is InChI=1S/C16H21N3/c1-13-3-4-14(2)19(13)16-7-5-15(6-8-16)18-11-9-17-10-12-18/h3-8,17H,9-12H2,1-2H3. The van der Waals surface area contributed by atoms with E-state index in [1.165, 1.54) is 22.8 Å². The molecule has 19 heavy (non-hydrogen) atoms. The van der Waals surface area contributed by atoms with Crippen molar-refractivity contribution in [3.8, 4) is 5.69 Å². The monoisotopic (exact) mass is 255 g/mol. The van der Waals surface area contributed by atoms with Gasteiger partial charge in [0.25, 0.3) is 0 Å². The zero-order valence-corrected chi connectivity index (χ0v) is 11.7. The van der Waals surface area contributed by atoms with Crippen LogP contribution in [0, 0.1) is 13.8 Å². The average Bonchev–Trinajstić information content (AvgIpc) is 2.79. The van der Waals surface area contributed by atoms with Crippen LogP contribution in [0.15, 0.2) is 36.4 Å². The van der Waals surface area contributed by atoms with Crippen LogP contribution in [0.3, 0.4) is 0 Å². The van der Waals surface area contributed by atoms with E-state index in [0.717, 1.165) is 26.2 Å². The number of benzene rings is 1. The van der Waals surface area contributed by atoms with Gasteiger partial charge in [0, 0.05) is 48.9 Å². The third-order valence-corrected chi connectivity index (χ3v) is 3.86. The molecule has 0 saturated carbocycles. The highest BCUT2D eigenvalue weighted by atomic mass is 15.2. The zero-order valence-electron chi connectivity index (χ0n) is 11.7. The highest BCUT2D eigenvalue weighted by Gasteiger charge is 2.10. The number of hydrogen-bond donors (Lipinski definition) is 1. The van der Waals surface area contributed by atoms with Crippen LogP contribution in [-0.4, -0.2) is 30.7 Å². The highest BCUT2D eigenvalue weighted by Crippen LogP contribution is 2.21.